The van der Waals surface area contributed by atoms with E-state index in [9.17, 15) is 14.3 Å². The third kappa shape index (κ3) is 4.68. The summed E-state index contributed by atoms with van der Waals surface area (Å²) in [6.45, 7) is 12.0. The molecule has 1 fully saturated rings. The molecule has 2 N–H and O–H groups in total. The molecular formula is C26H28FN5O2. The molecule has 0 aromatic carbocycles. The van der Waals surface area contributed by atoms with Crippen molar-refractivity contribution >= 4 is 28.2 Å². The normalized spacial score (nSPS) is 18.6. The minimum absolute atomic E-state index is 0.251. The van der Waals surface area contributed by atoms with E-state index < -0.39 is 18.2 Å². The Morgan fingerprint density at radius 1 is 1.38 bits per heavy atom. The van der Waals surface area contributed by atoms with Crippen LogP contribution in [0.15, 0.2) is 61.1 Å². The van der Waals surface area contributed by atoms with Gasteiger partial charge in [-0.1, -0.05) is 26.2 Å². The fraction of sp³-hybridized carbons (Fsp3) is 0.308. The number of aromatic nitrogens is 4. The molecule has 1 amide bonds. The van der Waals surface area contributed by atoms with Gasteiger partial charge in [-0.05, 0) is 42.6 Å². The van der Waals surface area contributed by atoms with Crippen LogP contribution in [-0.4, -0.2) is 42.8 Å². The molecule has 0 aliphatic heterocycles. The number of rotatable bonds is 8. The molecule has 3 heterocycles. The minimum Gasteiger partial charge on any atom is -0.388 e. The standard InChI is InChI=1S/C26H28FN5O2/c1-6-22(33)15(3)9-14(2)16(4)18-10-17-13-29-23(31-26(34)19-11-20(19)27)12-21(17)30-24(18)25-28-7-8-32(25)5/h7-10,12-13,19-20,22,33H,3-4,6,11H2,1-2,5H3,(H,29,31,34)/b14-9-/t19-,20+,22+/m0/s1. The van der Waals surface area contributed by atoms with Gasteiger partial charge in [0.1, 0.15) is 17.7 Å². The van der Waals surface area contributed by atoms with Gasteiger partial charge >= 0.3 is 0 Å². The van der Waals surface area contributed by atoms with Gasteiger partial charge in [0.2, 0.25) is 5.91 Å². The lowest BCUT2D eigenvalue weighted by atomic mass is 9.95. The van der Waals surface area contributed by atoms with Crippen molar-refractivity contribution in [2.24, 2.45) is 13.0 Å². The number of nitrogens with one attached hydrogen (secondary N) is 1. The maximum atomic E-state index is 13.2. The van der Waals surface area contributed by atoms with Crippen LogP contribution in [-0.2, 0) is 11.8 Å². The first kappa shape index (κ1) is 23.5. The summed E-state index contributed by atoms with van der Waals surface area (Å²) < 4.78 is 15.1. The van der Waals surface area contributed by atoms with E-state index in [-0.39, 0.29) is 12.3 Å². The fourth-order valence-corrected chi connectivity index (χ4v) is 3.72. The summed E-state index contributed by atoms with van der Waals surface area (Å²) in [5, 5.41) is 13.5. The van der Waals surface area contributed by atoms with E-state index in [0.29, 0.717) is 34.8 Å². The van der Waals surface area contributed by atoms with E-state index in [4.69, 9.17) is 4.98 Å². The molecule has 1 saturated carbocycles. The van der Waals surface area contributed by atoms with Crippen molar-refractivity contribution < 1.29 is 14.3 Å². The Balaban J connectivity index is 1.76. The van der Waals surface area contributed by atoms with E-state index in [1.54, 1.807) is 18.5 Å². The van der Waals surface area contributed by atoms with E-state index in [0.717, 1.165) is 22.1 Å². The summed E-state index contributed by atoms with van der Waals surface area (Å²) in [6.07, 6.45) is 6.10. The number of alkyl halides is 1. The number of amides is 1. The van der Waals surface area contributed by atoms with Crippen LogP contribution in [0.4, 0.5) is 10.2 Å². The van der Waals surface area contributed by atoms with Crippen LogP contribution in [0.5, 0.6) is 0 Å². The van der Waals surface area contributed by atoms with Gasteiger partial charge in [-0.3, -0.25) is 4.79 Å². The van der Waals surface area contributed by atoms with Crippen LogP contribution in [0, 0.1) is 5.92 Å². The Kier molecular flexibility index (Phi) is 6.43. The van der Waals surface area contributed by atoms with E-state index >= 15 is 0 Å². The van der Waals surface area contributed by atoms with Crippen molar-refractivity contribution in [1.82, 2.24) is 19.5 Å². The van der Waals surface area contributed by atoms with Gasteiger partial charge in [0.25, 0.3) is 0 Å². The van der Waals surface area contributed by atoms with Gasteiger partial charge in [0.05, 0.1) is 17.5 Å². The van der Waals surface area contributed by atoms with E-state index in [2.05, 4.69) is 28.4 Å². The summed E-state index contributed by atoms with van der Waals surface area (Å²) >= 11 is 0. The molecule has 7 nitrogen and oxygen atoms in total. The van der Waals surface area contributed by atoms with Crippen molar-refractivity contribution in [1.29, 1.82) is 0 Å². The number of aryl methyl sites for hydroxylation is 1. The number of carbonyl (C=O) groups is 1. The third-order valence-electron chi connectivity index (χ3n) is 6.05. The quantitative estimate of drug-likeness (QED) is 0.478. The van der Waals surface area contributed by atoms with Crippen LogP contribution < -0.4 is 5.32 Å². The molecule has 8 heteroatoms. The van der Waals surface area contributed by atoms with Crippen molar-refractivity contribution in [3.05, 3.63) is 66.7 Å². The predicted molar refractivity (Wildman–Crippen MR) is 132 cm³/mol. The molecule has 3 aromatic heterocycles. The van der Waals surface area contributed by atoms with Crippen molar-refractivity contribution in [2.45, 2.75) is 39.0 Å². The summed E-state index contributed by atoms with van der Waals surface area (Å²) in [7, 11) is 1.88. The second kappa shape index (κ2) is 9.30. The zero-order valence-electron chi connectivity index (χ0n) is 19.5. The Morgan fingerprint density at radius 2 is 2.12 bits per heavy atom. The lowest BCUT2D eigenvalue weighted by molar-refractivity contribution is -0.117. The highest BCUT2D eigenvalue weighted by Gasteiger charge is 2.43. The van der Waals surface area contributed by atoms with Gasteiger partial charge in [-0.2, -0.15) is 0 Å². The highest BCUT2D eigenvalue weighted by Crippen LogP contribution is 2.35. The first-order valence-electron chi connectivity index (χ1n) is 11.2. The number of allylic oxidation sites excluding steroid dienone is 2. The largest absolute Gasteiger partial charge is 0.388 e. The van der Waals surface area contributed by atoms with Gasteiger partial charge in [0, 0.05) is 42.7 Å². The van der Waals surface area contributed by atoms with Gasteiger partial charge < -0.3 is 15.0 Å². The summed E-state index contributed by atoms with van der Waals surface area (Å²) in [5.74, 6) is 0.000251. The Labute approximate surface area is 197 Å². The molecule has 3 atom stereocenters. The fourth-order valence-electron chi connectivity index (χ4n) is 3.72. The maximum Gasteiger partial charge on any atom is 0.231 e. The predicted octanol–water partition coefficient (Wildman–Crippen LogP) is 4.61. The highest BCUT2D eigenvalue weighted by atomic mass is 19.1. The van der Waals surface area contributed by atoms with Crippen molar-refractivity contribution in [3.8, 4) is 11.5 Å². The molecule has 176 valence electrons. The number of fused-ring (bicyclic) bond motifs is 1. The zero-order chi connectivity index (χ0) is 24.6. The molecule has 4 rings (SSSR count). The van der Waals surface area contributed by atoms with E-state index in [1.165, 1.54) is 0 Å². The molecule has 0 unspecified atom stereocenters. The molecular weight excluding hydrogens is 433 g/mol. The average molecular weight is 462 g/mol. The Bertz CT molecular complexity index is 1330. The average Bonchev–Trinajstić information content (AvgIpc) is 3.41. The monoisotopic (exact) mass is 461 g/mol. The van der Waals surface area contributed by atoms with Crippen LogP contribution in [0.3, 0.4) is 0 Å². The third-order valence-corrected chi connectivity index (χ3v) is 6.05. The number of halogens is 1. The van der Waals surface area contributed by atoms with Crippen LogP contribution in [0.1, 0.15) is 32.3 Å². The molecule has 0 radical (unpaired) electrons. The second-order valence-corrected chi connectivity index (χ2v) is 8.66. The SMILES string of the molecule is C=C(/C(C)=C\C(=C)[C@H](O)CC)c1cc2cnc(NC(=O)[C@H]3C[C@H]3F)cc2nc1-c1nccn1C. The van der Waals surface area contributed by atoms with Crippen LogP contribution >= 0.6 is 0 Å². The number of pyridine rings is 2. The lowest BCUT2D eigenvalue weighted by Gasteiger charge is -2.15. The number of anilines is 1. The molecule has 0 spiro atoms. The zero-order valence-corrected chi connectivity index (χ0v) is 19.5. The molecule has 0 bridgehead atoms. The molecule has 1 aliphatic carbocycles. The number of aliphatic hydroxyl groups excluding tert-OH is 1. The summed E-state index contributed by atoms with van der Waals surface area (Å²) in [5.41, 5.74) is 4.18. The van der Waals surface area contributed by atoms with Crippen LogP contribution in [0.25, 0.3) is 28.0 Å². The number of hydrogen-bond donors (Lipinski definition) is 2. The van der Waals surface area contributed by atoms with Gasteiger partial charge in [0.15, 0.2) is 5.82 Å². The second-order valence-electron chi connectivity index (χ2n) is 8.66. The van der Waals surface area contributed by atoms with Gasteiger partial charge in [-0.15, -0.1) is 0 Å². The number of nitrogens with zero attached hydrogens (tertiary/aromatic N) is 4. The van der Waals surface area contributed by atoms with Crippen LogP contribution in [0.2, 0.25) is 0 Å². The molecule has 0 saturated heterocycles. The molecule has 3 aromatic rings. The van der Waals surface area contributed by atoms with E-state index in [1.807, 2.05) is 43.8 Å². The number of aliphatic hydroxyl groups is 1. The lowest BCUT2D eigenvalue weighted by Crippen LogP contribution is -2.15. The number of hydrogen-bond acceptors (Lipinski definition) is 5. The highest BCUT2D eigenvalue weighted by molar-refractivity contribution is 5.97. The Hall–Kier alpha value is -3.65. The molecule has 1 aliphatic rings. The smallest absolute Gasteiger partial charge is 0.231 e. The van der Waals surface area contributed by atoms with Crippen molar-refractivity contribution in [2.75, 3.05) is 5.32 Å². The van der Waals surface area contributed by atoms with Gasteiger partial charge in [-0.25, -0.2) is 19.3 Å². The summed E-state index contributed by atoms with van der Waals surface area (Å²) in [6, 6.07) is 3.60. The topological polar surface area (TPSA) is 92.9 Å². The first-order chi connectivity index (χ1) is 16.2. The maximum absolute atomic E-state index is 13.2. The minimum atomic E-state index is -1.08. The summed E-state index contributed by atoms with van der Waals surface area (Å²) in [4.78, 5) is 25.8. The first-order valence-corrected chi connectivity index (χ1v) is 11.2. The number of imidazole rings is 1. The Morgan fingerprint density at radius 3 is 2.74 bits per heavy atom. The van der Waals surface area contributed by atoms with Crippen molar-refractivity contribution in [3.63, 3.8) is 0 Å². The molecule has 34 heavy (non-hydrogen) atoms. The number of carbonyl (C=O) groups excluding carboxylic acids is 1.